The quantitative estimate of drug-likeness (QED) is 0.740. The predicted molar refractivity (Wildman–Crippen MR) is 94.4 cm³/mol. The molecule has 0 aliphatic heterocycles. The van der Waals surface area contributed by atoms with E-state index in [0.29, 0.717) is 12.4 Å². The highest BCUT2D eigenvalue weighted by molar-refractivity contribution is 14.1. The van der Waals surface area contributed by atoms with Gasteiger partial charge in [-0.25, -0.2) is 9.97 Å². The molecule has 1 N–H and O–H groups in total. The molecule has 5 heteroatoms. The van der Waals surface area contributed by atoms with E-state index < -0.39 is 0 Å². The van der Waals surface area contributed by atoms with Gasteiger partial charge < -0.3 is 10.1 Å². The number of halogens is 1. The van der Waals surface area contributed by atoms with Crippen molar-refractivity contribution in [2.75, 3.05) is 18.5 Å². The normalized spacial score (nSPS) is 12.2. The van der Waals surface area contributed by atoms with Crippen LogP contribution in [0.15, 0.2) is 30.3 Å². The molecule has 1 atom stereocenters. The summed E-state index contributed by atoms with van der Waals surface area (Å²) in [7, 11) is 0. The largest absolute Gasteiger partial charge is 0.371 e. The van der Waals surface area contributed by atoms with Crippen molar-refractivity contribution >= 4 is 28.4 Å². The molecule has 112 valence electrons. The van der Waals surface area contributed by atoms with Crippen molar-refractivity contribution in [3.63, 3.8) is 0 Å². The maximum absolute atomic E-state index is 5.64. The Morgan fingerprint density at radius 3 is 2.52 bits per heavy atom. The lowest BCUT2D eigenvalue weighted by molar-refractivity contribution is 0.0702. The van der Waals surface area contributed by atoms with Gasteiger partial charge in [-0.05, 0) is 43.4 Å². The van der Waals surface area contributed by atoms with Gasteiger partial charge in [-0.1, -0.05) is 30.3 Å². The van der Waals surface area contributed by atoms with Gasteiger partial charge in [-0.2, -0.15) is 0 Å². The van der Waals surface area contributed by atoms with Crippen LogP contribution in [0.4, 0.5) is 5.82 Å². The summed E-state index contributed by atoms with van der Waals surface area (Å²) in [6, 6.07) is 10.2. The van der Waals surface area contributed by atoms with Crippen molar-refractivity contribution in [2.24, 2.45) is 0 Å². The van der Waals surface area contributed by atoms with Gasteiger partial charge in [0.1, 0.15) is 11.9 Å². The highest BCUT2D eigenvalue weighted by Crippen LogP contribution is 2.29. The molecule has 0 bridgehead atoms. The van der Waals surface area contributed by atoms with Crippen LogP contribution >= 0.6 is 22.6 Å². The number of hydrogen-bond donors (Lipinski definition) is 1. The zero-order valence-electron chi connectivity index (χ0n) is 12.6. The molecular formula is C16H20IN3O. The first kappa shape index (κ1) is 16.2. The number of anilines is 1. The first-order valence-corrected chi connectivity index (χ1v) is 8.23. The van der Waals surface area contributed by atoms with Gasteiger partial charge in [0.25, 0.3) is 0 Å². The summed E-state index contributed by atoms with van der Waals surface area (Å²) >= 11 is 2.30. The van der Waals surface area contributed by atoms with Crippen molar-refractivity contribution in [3.05, 3.63) is 39.7 Å². The average Bonchev–Trinajstić information content (AvgIpc) is 2.50. The van der Waals surface area contributed by atoms with Crippen LogP contribution in [0.1, 0.15) is 32.7 Å². The Morgan fingerprint density at radius 2 is 1.90 bits per heavy atom. The number of nitrogens with zero attached hydrogens (tertiary/aromatic N) is 2. The molecule has 4 nitrogen and oxygen atoms in total. The van der Waals surface area contributed by atoms with Gasteiger partial charge >= 0.3 is 0 Å². The third-order valence-corrected chi connectivity index (χ3v) is 4.06. The molecule has 2 rings (SSSR count). The van der Waals surface area contributed by atoms with Crippen LogP contribution < -0.4 is 5.32 Å². The maximum Gasteiger partial charge on any atom is 0.159 e. The summed E-state index contributed by atoms with van der Waals surface area (Å²) in [6.45, 7) is 7.49. The predicted octanol–water partition coefficient (Wildman–Crippen LogP) is 4.28. The van der Waals surface area contributed by atoms with Gasteiger partial charge in [0.2, 0.25) is 0 Å². The van der Waals surface area contributed by atoms with Crippen molar-refractivity contribution in [1.29, 1.82) is 0 Å². The fraction of sp³-hybridized carbons (Fsp3) is 0.375. The molecule has 1 aromatic carbocycles. The number of benzene rings is 1. The summed E-state index contributed by atoms with van der Waals surface area (Å²) in [5.74, 6) is 1.58. The number of aromatic nitrogens is 2. The first-order valence-electron chi connectivity index (χ1n) is 7.15. The van der Waals surface area contributed by atoms with Crippen molar-refractivity contribution < 1.29 is 4.74 Å². The number of hydrogen-bond acceptors (Lipinski definition) is 4. The van der Waals surface area contributed by atoms with Crippen molar-refractivity contribution in [2.45, 2.75) is 26.9 Å². The fourth-order valence-electron chi connectivity index (χ4n) is 2.04. The molecule has 0 spiro atoms. The van der Waals surface area contributed by atoms with Gasteiger partial charge in [-0.15, -0.1) is 0 Å². The maximum atomic E-state index is 5.64. The minimum atomic E-state index is -0.119. The van der Waals surface area contributed by atoms with Gasteiger partial charge in [-0.3, -0.25) is 0 Å². The zero-order chi connectivity index (χ0) is 15.2. The molecule has 0 amide bonds. The summed E-state index contributed by atoms with van der Waals surface area (Å²) in [6.07, 6.45) is -0.119. The van der Waals surface area contributed by atoms with E-state index in [4.69, 9.17) is 9.72 Å². The fourth-order valence-corrected chi connectivity index (χ4v) is 2.79. The van der Waals surface area contributed by atoms with E-state index in [0.717, 1.165) is 27.2 Å². The Bertz CT molecular complexity index is 590. The Kier molecular flexibility index (Phi) is 5.93. The van der Waals surface area contributed by atoms with Gasteiger partial charge in [0, 0.05) is 18.7 Å². The molecule has 0 fully saturated rings. The number of rotatable bonds is 6. The second-order valence-corrected chi connectivity index (χ2v) is 5.67. The molecule has 1 unspecified atom stereocenters. The lowest BCUT2D eigenvalue weighted by atomic mass is 10.1. The third-order valence-electron chi connectivity index (χ3n) is 3.04. The monoisotopic (exact) mass is 397 g/mol. The minimum absolute atomic E-state index is 0.119. The number of ether oxygens (including phenoxy) is 1. The molecule has 0 saturated carbocycles. The summed E-state index contributed by atoms with van der Waals surface area (Å²) in [5, 5.41) is 3.31. The molecule has 1 heterocycles. The van der Waals surface area contributed by atoms with E-state index in [1.807, 2.05) is 32.0 Å². The van der Waals surface area contributed by atoms with Crippen molar-refractivity contribution in [1.82, 2.24) is 9.97 Å². The molecule has 21 heavy (non-hydrogen) atoms. The third kappa shape index (κ3) is 3.91. The molecule has 0 saturated heterocycles. The Hall–Kier alpha value is -1.21. The van der Waals surface area contributed by atoms with E-state index in [1.165, 1.54) is 0 Å². The van der Waals surface area contributed by atoms with E-state index in [2.05, 4.69) is 51.9 Å². The van der Waals surface area contributed by atoms with E-state index >= 15 is 0 Å². The summed E-state index contributed by atoms with van der Waals surface area (Å²) in [4.78, 5) is 9.33. The SMILES string of the molecule is CCNc1nc(C(C)OCC)nc(-c2ccccc2)c1I. The van der Waals surface area contributed by atoms with Crippen molar-refractivity contribution in [3.8, 4) is 11.3 Å². The van der Waals surface area contributed by atoms with Crippen LogP contribution in [0, 0.1) is 3.57 Å². The topological polar surface area (TPSA) is 47.0 Å². The molecule has 0 aliphatic carbocycles. The van der Waals surface area contributed by atoms with Crippen LogP contribution in [0.25, 0.3) is 11.3 Å². The van der Waals surface area contributed by atoms with Crippen LogP contribution in [0.2, 0.25) is 0 Å². The van der Waals surface area contributed by atoms with Crippen LogP contribution in [-0.4, -0.2) is 23.1 Å². The summed E-state index contributed by atoms with van der Waals surface area (Å²) < 4.78 is 6.67. The zero-order valence-corrected chi connectivity index (χ0v) is 14.7. The van der Waals surface area contributed by atoms with Crippen LogP contribution in [0.3, 0.4) is 0 Å². The van der Waals surface area contributed by atoms with E-state index in [1.54, 1.807) is 0 Å². The number of nitrogens with one attached hydrogen (secondary N) is 1. The lowest BCUT2D eigenvalue weighted by Gasteiger charge is -2.16. The van der Waals surface area contributed by atoms with Gasteiger partial charge in [0.15, 0.2) is 5.82 Å². The Labute approximate surface area is 139 Å². The van der Waals surface area contributed by atoms with E-state index in [9.17, 15) is 0 Å². The molecule has 2 aromatic rings. The lowest BCUT2D eigenvalue weighted by Crippen LogP contribution is -2.11. The van der Waals surface area contributed by atoms with Crippen LogP contribution in [0.5, 0.6) is 0 Å². The highest BCUT2D eigenvalue weighted by atomic mass is 127. The standard InChI is InChI=1S/C16H20IN3O/c1-4-18-16-13(17)14(12-9-7-6-8-10-12)19-15(20-16)11(3)21-5-2/h6-11H,4-5H2,1-3H3,(H,18,19,20). The Balaban J connectivity index is 2.52. The Morgan fingerprint density at radius 1 is 1.19 bits per heavy atom. The first-order chi connectivity index (χ1) is 10.2. The average molecular weight is 397 g/mol. The smallest absolute Gasteiger partial charge is 0.159 e. The molecular weight excluding hydrogens is 377 g/mol. The minimum Gasteiger partial charge on any atom is -0.371 e. The molecule has 0 aliphatic rings. The van der Waals surface area contributed by atoms with Gasteiger partial charge in [0.05, 0.1) is 9.26 Å². The molecule has 0 radical (unpaired) electrons. The molecule has 1 aromatic heterocycles. The second kappa shape index (κ2) is 7.70. The summed E-state index contributed by atoms with van der Waals surface area (Å²) in [5.41, 5.74) is 2.04. The highest BCUT2D eigenvalue weighted by Gasteiger charge is 2.17. The van der Waals surface area contributed by atoms with E-state index in [-0.39, 0.29) is 6.10 Å². The second-order valence-electron chi connectivity index (χ2n) is 4.59. The van der Waals surface area contributed by atoms with Crippen LogP contribution in [-0.2, 0) is 4.74 Å².